The Kier molecular flexibility index (Phi) is 5.09. The van der Waals surface area contributed by atoms with E-state index in [1.165, 1.54) is 12.1 Å². The molecule has 0 saturated carbocycles. The van der Waals surface area contributed by atoms with Crippen LogP contribution in [0.3, 0.4) is 0 Å². The second-order valence-electron chi connectivity index (χ2n) is 5.08. The van der Waals surface area contributed by atoms with Gasteiger partial charge in [0.25, 0.3) is 0 Å². The first-order valence-electron chi connectivity index (χ1n) is 7.13. The Morgan fingerprint density at radius 1 is 1.50 bits per heavy atom. The van der Waals surface area contributed by atoms with E-state index < -0.39 is 0 Å². The van der Waals surface area contributed by atoms with E-state index in [4.69, 9.17) is 0 Å². The number of nitrogens with one attached hydrogen (secondary N) is 2. The van der Waals surface area contributed by atoms with Crippen molar-refractivity contribution in [2.75, 3.05) is 26.2 Å². The van der Waals surface area contributed by atoms with Crippen LogP contribution >= 0.6 is 0 Å². The van der Waals surface area contributed by atoms with Gasteiger partial charge in [0, 0.05) is 32.2 Å². The molecule has 0 bridgehead atoms. The van der Waals surface area contributed by atoms with Crippen molar-refractivity contribution in [1.29, 1.82) is 0 Å². The minimum absolute atomic E-state index is 0.0497. The first-order chi connectivity index (χ1) is 9.63. The number of halogens is 1. The zero-order chi connectivity index (χ0) is 14.5. The van der Waals surface area contributed by atoms with E-state index in [-0.39, 0.29) is 23.8 Å². The largest absolute Gasteiger partial charge is 0.355 e. The van der Waals surface area contributed by atoms with Gasteiger partial charge in [-0.2, -0.15) is 0 Å². The first kappa shape index (κ1) is 14.9. The fraction of sp³-hybridized carbons (Fsp3) is 0.533. The number of amides is 1. The van der Waals surface area contributed by atoms with E-state index in [2.05, 4.69) is 22.5 Å². The summed E-state index contributed by atoms with van der Waals surface area (Å²) in [6.07, 6.45) is 0. The monoisotopic (exact) mass is 279 g/mol. The molecule has 2 N–H and O–H groups in total. The van der Waals surface area contributed by atoms with Crippen LogP contribution < -0.4 is 10.6 Å². The summed E-state index contributed by atoms with van der Waals surface area (Å²) in [6.45, 7) is 6.93. The van der Waals surface area contributed by atoms with E-state index in [0.717, 1.165) is 18.7 Å². The highest BCUT2D eigenvalue weighted by Gasteiger charge is 2.31. The number of benzene rings is 1. The van der Waals surface area contributed by atoms with Crippen molar-refractivity contribution in [3.05, 3.63) is 35.6 Å². The topological polar surface area (TPSA) is 44.4 Å². The Balaban J connectivity index is 2.14. The summed E-state index contributed by atoms with van der Waals surface area (Å²) in [7, 11) is 0. The van der Waals surface area contributed by atoms with Crippen molar-refractivity contribution >= 4 is 5.91 Å². The first-order valence-corrected chi connectivity index (χ1v) is 7.13. The molecule has 5 heteroatoms. The molecule has 1 fully saturated rings. The third-order valence-corrected chi connectivity index (χ3v) is 3.79. The zero-order valence-electron chi connectivity index (χ0n) is 12.0. The second-order valence-corrected chi connectivity index (χ2v) is 5.08. The molecule has 1 heterocycles. The maximum atomic E-state index is 13.0. The Bertz CT molecular complexity index is 449. The van der Waals surface area contributed by atoms with Crippen LogP contribution in [0, 0.1) is 5.82 Å². The number of hydrogen-bond acceptors (Lipinski definition) is 3. The number of likely N-dealkylation sites (N-methyl/N-ethyl adjacent to an activating group) is 1. The SMILES string of the molecule is CCNC(=O)C1CNCCN1C(C)c1ccc(F)cc1. The molecule has 1 aliphatic rings. The highest BCUT2D eigenvalue weighted by atomic mass is 19.1. The number of carbonyl (C=O) groups is 1. The molecule has 110 valence electrons. The van der Waals surface area contributed by atoms with Crippen molar-refractivity contribution in [2.24, 2.45) is 0 Å². The predicted molar refractivity (Wildman–Crippen MR) is 76.9 cm³/mol. The van der Waals surface area contributed by atoms with Crippen LogP contribution in [-0.4, -0.2) is 43.0 Å². The smallest absolute Gasteiger partial charge is 0.238 e. The van der Waals surface area contributed by atoms with Gasteiger partial charge in [-0.05, 0) is 31.5 Å². The molecule has 0 aromatic heterocycles. The summed E-state index contributed by atoms with van der Waals surface area (Å²) < 4.78 is 13.0. The minimum Gasteiger partial charge on any atom is -0.355 e. The molecule has 2 unspecified atom stereocenters. The molecule has 2 rings (SSSR count). The predicted octanol–water partition coefficient (Wildman–Crippen LogP) is 1.30. The van der Waals surface area contributed by atoms with Crippen LogP contribution in [0.1, 0.15) is 25.5 Å². The second kappa shape index (κ2) is 6.81. The number of rotatable bonds is 4. The number of carbonyl (C=O) groups excluding carboxylic acids is 1. The van der Waals surface area contributed by atoms with Gasteiger partial charge >= 0.3 is 0 Å². The van der Waals surface area contributed by atoms with Crippen LogP contribution in [0.15, 0.2) is 24.3 Å². The van der Waals surface area contributed by atoms with E-state index in [1.807, 2.05) is 6.92 Å². The van der Waals surface area contributed by atoms with E-state index in [1.54, 1.807) is 12.1 Å². The molecule has 20 heavy (non-hydrogen) atoms. The van der Waals surface area contributed by atoms with E-state index >= 15 is 0 Å². The zero-order valence-corrected chi connectivity index (χ0v) is 12.0. The van der Waals surface area contributed by atoms with Crippen molar-refractivity contribution in [2.45, 2.75) is 25.9 Å². The molecule has 1 aliphatic heterocycles. The highest BCUT2D eigenvalue weighted by molar-refractivity contribution is 5.82. The summed E-state index contributed by atoms with van der Waals surface area (Å²) >= 11 is 0. The molecule has 4 nitrogen and oxygen atoms in total. The molecule has 2 atom stereocenters. The average Bonchev–Trinajstić information content (AvgIpc) is 2.47. The van der Waals surface area contributed by atoms with Gasteiger partial charge in [-0.25, -0.2) is 4.39 Å². The maximum Gasteiger partial charge on any atom is 0.238 e. The molecule has 1 aromatic rings. The molecule has 1 aromatic carbocycles. The van der Waals surface area contributed by atoms with Crippen LogP contribution in [0.2, 0.25) is 0 Å². The molecular weight excluding hydrogens is 257 g/mol. The average molecular weight is 279 g/mol. The summed E-state index contributed by atoms with van der Waals surface area (Å²) in [4.78, 5) is 14.3. The quantitative estimate of drug-likeness (QED) is 0.873. The van der Waals surface area contributed by atoms with Gasteiger partial charge in [-0.15, -0.1) is 0 Å². The maximum absolute atomic E-state index is 13.0. The Hall–Kier alpha value is -1.46. The Morgan fingerprint density at radius 2 is 2.20 bits per heavy atom. The molecule has 1 saturated heterocycles. The van der Waals surface area contributed by atoms with Gasteiger partial charge in [0.15, 0.2) is 0 Å². The van der Waals surface area contributed by atoms with Crippen molar-refractivity contribution in [1.82, 2.24) is 15.5 Å². The molecule has 1 amide bonds. The lowest BCUT2D eigenvalue weighted by Gasteiger charge is -2.39. The minimum atomic E-state index is -0.235. The van der Waals surface area contributed by atoms with Crippen molar-refractivity contribution in [3.8, 4) is 0 Å². The van der Waals surface area contributed by atoms with Crippen LogP contribution in [0.4, 0.5) is 4.39 Å². The molecule has 0 aliphatic carbocycles. The van der Waals surface area contributed by atoms with Crippen molar-refractivity contribution < 1.29 is 9.18 Å². The number of hydrogen-bond donors (Lipinski definition) is 2. The van der Waals surface area contributed by atoms with Gasteiger partial charge in [-0.3, -0.25) is 9.69 Å². The van der Waals surface area contributed by atoms with Crippen LogP contribution in [-0.2, 0) is 4.79 Å². The lowest BCUT2D eigenvalue weighted by atomic mass is 10.0. The van der Waals surface area contributed by atoms with Gasteiger partial charge in [-0.1, -0.05) is 12.1 Å². The van der Waals surface area contributed by atoms with E-state index in [0.29, 0.717) is 13.1 Å². The molecular formula is C15H22FN3O. The van der Waals surface area contributed by atoms with Gasteiger partial charge in [0.2, 0.25) is 5.91 Å². The lowest BCUT2D eigenvalue weighted by molar-refractivity contribution is -0.128. The number of nitrogens with zero attached hydrogens (tertiary/aromatic N) is 1. The highest BCUT2D eigenvalue weighted by Crippen LogP contribution is 2.23. The third kappa shape index (κ3) is 3.35. The number of piperazine rings is 1. The third-order valence-electron chi connectivity index (χ3n) is 3.79. The summed E-state index contributed by atoms with van der Waals surface area (Å²) in [5.74, 6) is -0.185. The van der Waals surface area contributed by atoms with Gasteiger partial charge in [0.05, 0.1) is 0 Å². The standard InChI is InChI=1S/C15H22FN3O/c1-3-18-15(20)14-10-17-8-9-19(14)11(2)12-4-6-13(16)7-5-12/h4-7,11,14,17H,3,8-10H2,1-2H3,(H,18,20). The van der Waals surface area contributed by atoms with Crippen LogP contribution in [0.25, 0.3) is 0 Å². The molecule has 0 radical (unpaired) electrons. The van der Waals surface area contributed by atoms with E-state index in [9.17, 15) is 9.18 Å². The fourth-order valence-electron chi connectivity index (χ4n) is 2.65. The van der Waals surface area contributed by atoms with Gasteiger partial charge < -0.3 is 10.6 Å². The summed E-state index contributed by atoms with van der Waals surface area (Å²) in [5, 5.41) is 6.14. The molecule has 0 spiro atoms. The van der Waals surface area contributed by atoms with Crippen LogP contribution in [0.5, 0.6) is 0 Å². The van der Waals surface area contributed by atoms with Gasteiger partial charge in [0.1, 0.15) is 11.9 Å². The summed E-state index contributed by atoms with van der Waals surface area (Å²) in [5.41, 5.74) is 1.03. The Labute approximate surface area is 119 Å². The Morgan fingerprint density at radius 3 is 2.85 bits per heavy atom. The fourth-order valence-corrected chi connectivity index (χ4v) is 2.65. The normalized spacial score (nSPS) is 21.4. The summed E-state index contributed by atoms with van der Waals surface area (Å²) in [6, 6.07) is 6.42. The van der Waals surface area contributed by atoms with Crippen molar-refractivity contribution in [3.63, 3.8) is 0 Å². The lowest BCUT2D eigenvalue weighted by Crippen LogP contribution is -2.58.